The third kappa shape index (κ3) is 2.85. The number of amides is 1. The molecule has 0 fully saturated rings. The van der Waals surface area contributed by atoms with E-state index in [-0.39, 0.29) is 28.6 Å². The summed E-state index contributed by atoms with van der Waals surface area (Å²) in [5, 5.41) is 1.66. The molecular weight excluding hydrogens is 327 g/mol. The smallest absolute Gasteiger partial charge is 0.331 e. The first-order valence-electron chi connectivity index (χ1n) is 6.64. The second kappa shape index (κ2) is 5.48. The molecule has 0 bridgehead atoms. The van der Waals surface area contributed by atoms with Crippen LogP contribution in [-0.2, 0) is 11.8 Å². The van der Waals surface area contributed by atoms with E-state index in [1.165, 1.54) is 35.1 Å². The largest absolute Gasteiger partial charge is 0.471 e. The Balaban J connectivity index is 1.91. The van der Waals surface area contributed by atoms with Crippen LogP contribution in [0.5, 0.6) is 0 Å². The average Bonchev–Trinajstić information content (AvgIpc) is 3.10. The number of aryl methyl sites for hydroxylation is 1. The van der Waals surface area contributed by atoms with E-state index in [2.05, 4.69) is 9.97 Å². The zero-order valence-corrected chi connectivity index (χ0v) is 12.2. The summed E-state index contributed by atoms with van der Waals surface area (Å²) in [6.07, 6.45) is 0.688. The highest BCUT2D eigenvalue weighted by atomic mass is 19.4. The number of carbonyl (C=O) groups is 2. The third-order valence-corrected chi connectivity index (χ3v) is 3.24. The Hall–Kier alpha value is -3.17. The first-order chi connectivity index (χ1) is 11.3. The minimum absolute atomic E-state index is 0.222. The van der Waals surface area contributed by atoms with Gasteiger partial charge in [-0.2, -0.15) is 13.2 Å². The molecule has 0 radical (unpaired) electrons. The van der Waals surface area contributed by atoms with Gasteiger partial charge in [-0.05, 0) is 12.1 Å². The van der Waals surface area contributed by atoms with Crippen LogP contribution in [0.3, 0.4) is 0 Å². The van der Waals surface area contributed by atoms with E-state index in [4.69, 9.17) is 0 Å². The van der Waals surface area contributed by atoms with Crippen molar-refractivity contribution < 1.29 is 22.8 Å². The molecule has 10 heteroatoms. The number of carbonyl (C=O) groups excluding carboxylic acids is 2. The van der Waals surface area contributed by atoms with E-state index < -0.39 is 12.1 Å². The molecule has 124 valence electrons. The zero-order chi connectivity index (χ0) is 17.5. The second-order valence-electron chi connectivity index (χ2n) is 4.95. The SMILES string of the molecule is Cn1ccnc1C(=O)c1ccc2nc(NC(=O)C(F)(F)F)cn2c1. The molecule has 0 aliphatic heterocycles. The molecule has 0 saturated carbocycles. The number of aromatic nitrogens is 4. The minimum Gasteiger partial charge on any atom is -0.331 e. The van der Waals surface area contributed by atoms with E-state index in [1.807, 2.05) is 0 Å². The molecule has 24 heavy (non-hydrogen) atoms. The van der Waals surface area contributed by atoms with Crippen molar-refractivity contribution in [3.63, 3.8) is 0 Å². The van der Waals surface area contributed by atoms with Gasteiger partial charge in [0, 0.05) is 31.2 Å². The molecule has 3 aromatic rings. The first kappa shape index (κ1) is 15.7. The number of rotatable bonds is 3. The molecule has 3 rings (SSSR count). The number of fused-ring (bicyclic) bond motifs is 1. The summed E-state index contributed by atoms with van der Waals surface area (Å²) < 4.78 is 39.7. The Labute approximate surface area is 132 Å². The molecule has 7 nitrogen and oxygen atoms in total. The lowest BCUT2D eigenvalue weighted by Crippen LogP contribution is -2.30. The number of anilines is 1. The number of alkyl halides is 3. The summed E-state index contributed by atoms with van der Waals surface area (Å²) >= 11 is 0. The van der Waals surface area contributed by atoms with Gasteiger partial charge < -0.3 is 14.3 Å². The van der Waals surface area contributed by atoms with Crippen LogP contribution in [0.25, 0.3) is 5.65 Å². The Kier molecular flexibility index (Phi) is 3.59. The topological polar surface area (TPSA) is 81.3 Å². The van der Waals surface area contributed by atoms with Gasteiger partial charge >= 0.3 is 12.1 Å². The minimum atomic E-state index is -5.00. The van der Waals surface area contributed by atoms with E-state index in [0.29, 0.717) is 0 Å². The number of ketones is 1. The van der Waals surface area contributed by atoms with Crippen LogP contribution < -0.4 is 5.32 Å². The van der Waals surface area contributed by atoms with Crippen LogP contribution in [0, 0.1) is 0 Å². The predicted octanol–water partition coefficient (Wildman–Crippen LogP) is 1.80. The molecule has 0 spiro atoms. The lowest BCUT2D eigenvalue weighted by atomic mass is 10.2. The van der Waals surface area contributed by atoms with Crippen molar-refractivity contribution in [3.05, 3.63) is 48.3 Å². The monoisotopic (exact) mass is 337 g/mol. The summed E-state index contributed by atoms with van der Waals surface area (Å²) in [6.45, 7) is 0. The van der Waals surface area contributed by atoms with Gasteiger partial charge in [0.1, 0.15) is 5.65 Å². The van der Waals surface area contributed by atoms with Crippen LogP contribution in [0.1, 0.15) is 16.2 Å². The quantitative estimate of drug-likeness (QED) is 0.739. The van der Waals surface area contributed by atoms with Crippen molar-refractivity contribution in [2.75, 3.05) is 5.32 Å². The van der Waals surface area contributed by atoms with Gasteiger partial charge in [-0.3, -0.25) is 9.59 Å². The van der Waals surface area contributed by atoms with Crippen LogP contribution >= 0.6 is 0 Å². The number of pyridine rings is 1. The molecule has 0 saturated heterocycles. The maximum atomic E-state index is 12.4. The number of hydrogen-bond acceptors (Lipinski definition) is 4. The molecule has 3 heterocycles. The third-order valence-electron chi connectivity index (χ3n) is 3.24. The highest BCUT2D eigenvalue weighted by Gasteiger charge is 2.39. The fourth-order valence-corrected chi connectivity index (χ4v) is 2.09. The van der Waals surface area contributed by atoms with Crippen LogP contribution in [0.4, 0.5) is 19.0 Å². The number of hydrogen-bond donors (Lipinski definition) is 1. The Morgan fingerprint density at radius 3 is 2.58 bits per heavy atom. The predicted molar refractivity (Wildman–Crippen MR) is 76.5 cm³/mol. The van der Waals surface area contributed by atoms with Crippen LogP contribution in [0.2, 0.25) is 0 Å². The lowest BCUT2D eigenvalue weighted by molar-refractivity contribution is -0.167. The van der Waals surface area contributed by atoms with Crippen molar-refractivity contribution in [2.24, 2.45) is 7.05 Å². The van der Waals surface area contributed by atoms with Crippen molar-refractivity contribution in [3.8, 4) is 0 Å². The lowest BCUT2D eigenvalue weighted by Gasteiger charge is -2.04. The van der Waals surface area contributed by atoms with Gasteiger partial charge in [0.15, 0.2) is 11.6 Å². The molecule has 1 N–H and O–H groups in total. The van der Waals surface area contributed by atoms with Gasteiger partial charge in [-0.15, -0.1) is 0 Å². The molecule has 0 aliphatic carbocycles. The molecule has 0 aromatic carbocycles. The summed E-state index contributed by atoms with van der Waals surface area (Å²) in [5.74, 6) is -2.51. The fraction of sp³-hybridized carbons (Fsp3) is 0.143. The van der Waals surface area contributed by atoms with Gasteiger partial charge in [0.2, 0.25) is 5.78 Å². The molecular formula is C14H10F3N5O2. The summed E-state index contributed by atoms with van der Waals surface area (Å²) in [6, 6.07) is 2.94. The maximum Gasteiger partial charge on any atom is 0.471 e. The van der Waals surface area contributed by atoms with E-state index in [1.54, 1.807) is 23.1 Å². The van der Waals surface area contributed by atoms with Crippen molar-refractivity contribution in [1.29, 1.82) is 0 Å². The summed E-state index contributed by atoms with van der Waals surface area (Å²) in [5.41, 5.74) is 0.562. The second-order valence-corrected chi connectivity index (χ2v) is 4.95. The zero-order valence-electron chi connectivity index (χ0n) is 12.2. The Morgan fingerprint density at radius 2 is 1.96 bits per heavy atom. The van der Waals surface area contributed by atoms with Gasteiger partial charge in [-0.1, -0.05) is 0 Å². The molecule has 3 aromatic heterocycles. The van der Waals surface area contributed by atoms with Crippen LogP contribution in [0.15, 0.2) is 36.9 Å². The summed E-state index contributed by atoms with van der Waals surface area (Å²) in [7, 11) is 1.67. The number of nitrogens with one attached hydrogen (secondary N) is 1. The molecule has 0 aliphatic rings. The Morgan fingerprint density at radius 1 is 1.21 bits per heavy atom. The van der Waals surface area contributed by atoms with Gasteiger partial charge in [-0.25, -0.2) is 9.97 Å². The number of imidazole rings is 2. The number of halogens is 3. The normalized spacial score (nSPS) is 11.7. The van der Waals surface area contributed by atoms with Gasteiger partial charge in [0.25, 0.3) is 0 Å². The molecule has 0 atom stereocenters. The molecule has 0 unspecified atom stereocenters. The standard InChI is InChI=1S/C14H10F3N5O2/c1-21-5-4-18-12(21)11(23)8-2-3-10-19-9(7-22(10)6-8)20-13(24)14(15,16)17/h2-7H,1H3,(H,20,24). The van der Waals surface area contributed by atoms with Crippen molar-refractivity contribution in [2.45, 2.75) is 6.18 Å². The fourth-order valence-electron chi connectivity index (χ4n) is 2.09. The van der Waals surface area contributed by atoms with Crippen LogP contribution in [-0.4, -0.2) is 36.8 Å². The number of nitrogens with zero attached hydrogens (tertiary/aromatic N) is 4. The van der Waals surface area contributed by atoms with Crippen molar-refractivity contribution >= 4 is 23.2 Å². The average molecular weight is 337 g/mol. The van der Waals surface area contributed by atoms with E-state index in [9.17, 15) is 22.8 Å². The van der Waals surface area contributed by atoms with Gasteiger partial charge in [0.05, 0.1) is 6.20 Å². The van der Waals surface area contributed by atoms with E-state index in [0.717, 1.165) is 0 Å². The summed E-state index contributed by atoms with van der Waals surface area (Å²) in [4.78, 5) is 31.1. The highest BCUT2D eigenvalue weighted by molar-refractivity contribution is 6.06. The Bertz CT molecular complexity index is 941. The highest BCUT2D eigenvalue weighted by Crippen LogP contribution is 2.19. The van der Waals surface area contributed by atoms with E-state index >= 15 is 0 Å². The maximum absolute atomic E-state index is 12.4. The first-order valence-corrected chi connectivity index (χ1v) is 6.64. The molecule has 1 amide bonds. The van der Waals surface area contributed by atoms with Crippen molar-refractivity contribution in [1.82, 2.24) is 18.9 Å².